The number of thiophene rings is 1. The summed E-state index contributed by atoms with van der Waals surface area (Å²) in [7, 11) is 0. The molecule has 2 aromatic heterocycles. The van der Waals surface area contributed by atoms with Crippen molar-refractivity contribution in [2.45, 2.75) is 6.92 Å². The van der Waals surface area contributed by atoms with E-state index in [-0.39, 0.29) is 5.28 Å². The molecule has 0 fully saturated rings. The Hall–Kier alpha value is -1.65. The molecule has 0 aliphatic rings. The summed E-state index contributed by atoms with van der Waals surface area (Å²) < 4.78 is 5.76. The molecule has 1 aromatic carbocycles. The van der Waals surface area contributed by atoms with E-state index in [1.807, 2.05) is 43.3 Å². The van der Waals surface area contributed by atoms with E-state index in [0.29, 0.717) is 5.88 Å². The van der Waals surface area contributed by atoms with E-state index >= 15 is 0 Å². The Bertz CT molecular complexity index is 697. The van der Waals surface area contributed by atoms with Gasteiger partial charge in [-0.25, -0.2) is 4.98 Å². The molecular formula is C13H9ClN2OS. The van der Waals surface area contributed by atoms with Crippen LogP contribution in [0.2, 0.25) is 5.28 Å². The van der Waals surface area contributed by atoms with Gasteiger partial charge in [0.1, 0.15) is 10.6 Å². The quantitative estimate of drug-likeness (QED) is 0.649. The lowest BCUT2D eigenvalue weighted by atomic mass is 10.3. The van der Waals surface area contributed by atoms with Gasteiger partial charge in [-0.3, -0.25) is 0 Å². The molecule has 3 rings (SSSR count). The molecule has 2 heterocycles. The van der Waals surface area contributed by atoms with Crippen LogP contribution in [0.25, 0.3) is 10.2 Å². The highest BCUT2D eigenvalue weighted by atomic mass is 35.5. The van der Waals surface area contributed by atoms with E-state index in [0.717, 1.165) is 20.8 Å². The molecule has 18 heavy (non-hydrogen) atoms. The van der Waals surface area contributed by atoms with Crippen LogP contribution in [0.3, 0.4) is 0 Å². The minimum atomic E-state index is 0.204. The molecule has 3 nitrogen and oxygen atoms in total. The molecule has 0 unspecified atom stereocenters. The number of fused-ring (bicyclic) bond motifs is 1. The summed E-state index contributed by atoms with van der Waals surface area (Å²) in [5, 5.41) is 1.10. The van der Waals surface area contributed by atoms with Crippen LogP contribution in [0.1, 0.15) is 4.88 Å². The highest BCUT2D eigenvalue weighted by molar-refractivity contribution is 7.18. The third-order valence-corrected chi connectivity index (χ3v) is 3.52. The number of nitrogens with zero attached hydrogens (tertiary/aromatic N) is 2. The van der Waals surface area contributed by atoms with E-state index in [2.05, 4.69) is 9.97 Å². The lowest BCUT2D eigenvalue weighted by molar-refractivity contribution is 0.468. The predicted octanol–water partition coefficient (Wildman–Crippen LogP) is 4.45. The van der Waals surface area contributed by atoms with Crippen molar-refractivity contribution in [1.82, 2.24) is 9.97 Å². The Morgan fingerprint density at radius 1 is 1.17 bits per heavy atom. The molecule has 90 valence electrons. The zero-order chi connectivity index (χ0) is 12.5. The van der Waals surface area contributed by atoms with E-state index in [1.165, 1.54) is 0 Å². The summed E-state index contributed by atoms with van der Waals surface area (Å²) in [6.45, 7) is 2.02. The van der Waals surface area contributed by atoms with E-state index < -0.39 is 0 Å². The molecule has 0 atom stereocenters. The van der Waals surface area contributed by atoms with Crippen molar-refractivity contribution in [3.05, 3.63) is 46.6 Å². The van der Waals surface area contributed by atoms with Gasteiger partial charge in [0.25, 0.3) is 0 Å². The maximum absolute atomic E-state index is 5.90. The Morgan fingerprint density at radius 2 is 1.94 bits per heavy atom. The Kier molecular flexibility index (Phi) is 2.89. The number of hydrogen-bond acceptors (Lipinski definition) is 4. The van der Waals surface area contributed by atoms with Crippen LogP contribution in [-0.2, 0) is 0 Å². The van der Waals surface area contributed by atoms with Crippen LogP contribution in [0.4, 0.5) is 0 Å². The number of rotatable bonds is 2. The first-order valence-electron chi connectivity index (χ1n) is 5.39. The number of aryl methyl sites for hydroxylation is 1. The zero-order valence-corrected chi connectivity index (χ0v) is 11.1. The number of ether oxygens (including phenoxy) is 1. The molecule has 0 N–H and O–H groups in total. The highest BCUT2D eigenvalue weighted by Crippen LogP contribution is 2.33. The second kappa shape index (κ2) is 4.55. The van der Waals surface area contributed by atoms with Gasteiger partial charge in [0, 0.05) is 4.88 Å². The Labute approximate surface area is 113 Å². The van der Waals surface area contributed by atoms with Crippen molar-refractivity contribution in [1.29, 1.82) is 0 Å². The molecular weight excluding hydrogens is 268 g/mol. The Balaban J connectivity index is 2.10. The number of para-hydroxylation sites is 1. The van der Waals surface area contributed by atoms with Crippen molar-refractivity contribution in [2.24, 2.45) is 0 Å². The van der Waals surface area contributed by atoms with Crippen LogP contribution in [0, 0.1) is 6.92 Å². The number of hydrogen-bond donors (Lipinski definition) is 0. The molecule has 0 radical (unpaired) electrons. The predicted molar refractivity (Wildman–Crippen MR) is 73.7 cm³/mol. The monoisotopic (exact) mass is 276 g/mol. The van der Waals surface area contributed by atoms with Gasteiger partial charge in [-0.15, -0.1) is 11.3 Å². The second-order valence-electron chi connectivity index (χ2n) is 3.79. The summed E-state index contributed by atoms with van der Waals surface area (Å²) in [6.07, 6.45) is 0. The van der Waals surface area contributed by atoms with E-state index in [9.17, 15) is 0 Å². The van der Waals surface area contributed by atoms with Gasteiger partial charge in [0.05, 0.1) is 5.39 Å². The van der Waals surface area contributed by atoms with Crippen LogP contribution >= 0.6 is 22.9 Å². The normalized spacial score (nSPS) is 10.8. The molecule has 5 heteroatoms. The van der Waals surface area contributed by atoms with Crippen LogP contribution in [0.5, 0.6) is 11.6 Å². The van der Waals surface area contributed by atoms with Crippen molar-refractivity contribution in [3.8, 4) is 11.6 Å². The second-order valence-corrected chi connectivity index (χ2v) is 5.36. The van der Waals surface area contributed by atoms with Gasteiger partial charge in [-0.2, -0.15) is 4.98 Å². The average Bonchev–Trinajstić information content (AvgIpc) is 2.71. The first-order valence-corrected chi connectivity index (χ1v) is 6.58. The standard InChI is InChI=1S/C13H9ClN2OS/c1-8-7-10-11(15-13(14)16-12(10)18-8)17-9-5-3-2-4-6-9/h2-7H,1H3. The summed E-state index contributed by atoms with van der Waals surface area (Å²) in [4.78, 5) is 10.3. The van der Waals surface area contributed by atoms with Gasteiger partial charge in [-0.05, 0) is 36.7 Å². The molecule has 0 saturated heterocycles. The maximum atomic E-state index is 5.90. The van der Waals surface area contributed by atoms with Crippen molar-refractivity contribution in [3.63, 3.8) is 0 Å². The number of aromatic nitrogens is 2. The number of halogens is 1. The van der Waals surface area contributed by atoms with Crippen LogP contribution in [-0.4, -0.2) is 9.97 Å². The fourth-order valence-corrected chi connectivity index (χ4v) is 2.75. The zero-order valence-electron chi connectivity index (χ0n) is 9.55. The molecule has 0 aliphatic heterocycles. The molecule has 0 aliphatic carbocycles. The average molecular weight is 277 g/mol. The lowest BCUT2D eigenvalue weighted by Gasteiger charge is -2.05. The third-order valence-electron chi connectivity index (χ3n) is 2.41. The SMILES string of the molecule is Cc1cc2c(Oc3ccccc3)nc(Cl)nc2s1. The van der Waals surface area contributed by atoms with Gasteiger partial charge < -0.3 is 4.74 Å². The molecule has 0 bridgehead atoms. The summed E-state index contributed by atoms with van der Waals surface area (Å²) in [5.41, 5.74) is 0. The summed E-state index contributed by atoms with van der Waals surface area (Å²) in [6, 6.07) is 11.5. The van der Waals surface area contributed by atoms with Gasteiger partial charge in [-0.1, -0.05) is 18.2 Å². The lowest BCUT2D eigenvalue weighted by Crippen LogP contribution is -1.90. The molecule has 0 saturated carbocycles. The van der Waals surface area contributed by atoms with Gasteiger partial charge >= 0.3 is 0 Å². The van der Waals surface area contributed by atoms with Crippen LogP contribution in [0.15, 0.2) is 36.4 Å². The molecule has 0 amide bonds. The first-order chi connectivity index (χ1) is 8.72. The largest absolute Gasteiger partial charge is 0.438 e. The van der Waals surface area contributed by atoms with Crippen molar-refractivity contribution in [2.75, 3.05) is 0 Å². The molecule has 0 spiro atoms. The van der Waals surface area contributed by atoms with Gasteiger partial charge in [0.2, 0.25) is 11.2 Å². The minimum absolute atomic E-state index is 0.204. The van der Waals surface area contributed by atoms with E-state index in [4.69, 9.17) is 16.3 Å². The van der Waals surface area contributed by atoms with Crippen molar-refractivity contribution >= 4 is 33.2 Å². The smallest absolute Gasteiger partial charge is 0.232 e. The number of benzene rings is 1. The van der Waals surface area contributed by atoms with Gasteiger partial charge in [0.15, 0.2) is 0 Å². The summed E-state index contributed by atoms with van der Waals surface area (Å²) >= 11 is 7.48. The molecule has 3 aromatic rings. The third kappa shape index (κ3) is 2.17. The van der Waals surface area contributed by atoms with E-state index in [1.54, 1.807) is 11.3 Å². The fourth-order valence-electron chi connectivity index (χ4n) is 1.67. The fraction of sp³-hybridized carbons (Fsp3) is 0.0769. The van der Waals surface area contributed by atoms with Crippen LogP contribution < -0.4 is 4.74 Å². The van der Waals surface area contributed by atoms with Crippen molar-refractivity contribution < 1.29 is 4.74 Å². The highest BCUT2D eigenvalue weighted by Gasteiger charge is 2.11. The maximum Gasteiger partial charge on any atom is 0.232 e. The summed E-state index contributed by atoms with van der Waals surface area (Å²) in [5.74, 6) is 1.23. The minimum Gasteiger partial charge on any atom is -0.438 e. The topological polar surface area (TPSA) is 35.0 Å². The first kappa shape index (κ1) is 11.4. The Morgan fingerprint density at radius 3 is 2.72 bits per heavy atom.